The first kappa shape index (κ1) is 12.5. The van der Waals surface area contributed by atoms with Crippen LogP contribution in [0.4, 0.5) is 5.69 Å². The molecule has 2 aromatic heterocycles. The lowest BCUT2D eigenvalue weighted by molar-refractivity contribution is 0.601. The molecule has 2 rings (SSSR count). The van der Waals surface area contributed by atoms with Gasteiger partial charge in [0.1, 0.15) is 4.90 Å². The summed E-state index contributed by atoms with van der Waals surface area (Å²) in [5.41, 5.74) is 0.502. The maximum atomic E-state index is 12.1. The molecule has 0 fully saturated rings. The van der Waals surface area contributed by atoms with Crippen molar-refractivity contribution in [2.45, 2.75) is 11.8 Å². The molecule has 0 aromatic carbocycles. The molecular formula is C10H9BrN2O2S2. The van der Waals surface area contributed by atoms with Gasteiger partial charge in [-0.3, -0.25) is 9.71 Å². The highest BCUT2D eigenvalue weighted by Gasteiger charge is 2.19. The first-order chi connectivity index (χ1) is 7.99. The highest BCUT2D eigenvalue weighted by molar-refractivity contribution is 9.11. The van der Waals surface area contributed by atoms with Crippen LogP contribution in [0, 0.1) is 6.92 Å². The van der Waals surface area contributed by atoms with Crippen molar-refractivity contribution >= 4 is 43.0 Å². The van der Waals surface area contributed by atoms with Crippen LogP contribution in [-0.2, 0) is 10.0 Å². The van der Waals surface area contributed by atoms with Crippen molar-refractivity contribution < 1.29 is 8.42 Å². The van der Waals surface area contributed by atoms with E-state index in [1.165, 1.54) is 23.7 Å². The number of thiophene rings is 1. The molecule has 0 aliphatic rings. The standard InChI is InChI=1S/C10H9BrN2O2S2/c1-7-9(6-10(11)16-7)17(14,15)13-8-2-4-12-5-3-8/h2-6H,1H3,(H,12,13). The van der Waals surface area contributed by atoms with Crippen LogP contribution >= 0.6 is 27.3 Å². The zero-order chi connectivity index (χ0) is 12.5. The Balaban J connectivity index is 2.35. The number of hydrogen-bond donors (Lipinski definition) is 1. The van der Waals surface area contributed by atoms with E-state index < -0.39 is 10.0 Å². The number of sulfonamides is 1. The summed E-state index contributed by atoms with van der Waals surface area (Å²) in [4.78, 5) is 4.88. The van der Waals surface area contributed by atoms with E-state index >= 15 is 0 Å². The third-order valence-corrected chi connectivity index (χ3v) is 5.25. The van der Waals surface area contributed by atoms with E-state index in [1.807, 2.05) is 0 Å². The number of rotatable bonds is 3. The molecule has 0 saturated carbocycles. The largest absolute Gasteiger partial charge is 0.279 e. The fourth-order valence-electron chi connectivity index (χ4n) is 1.33. The lowest BCUT2D eigenvalue weighted by Gasteiger charge is -2.06. The number of nitrogens with zero attached hydrogens (tertiary/aromatic N) is 1. The Hall–Kier alpha value is -0.920. The fraction of sp³-hybridized carbons (Fsp3) is 0.100. The minimum Gasteiger partial charge on any atom is -0.279 e. The Kier molecular flexibility index (Phi) is 3.50. The van der Waals surface area contributed by atoms with Gasteiger partial charge in [0.05, 0.1) is 9.47 Å². The Morgan fingerprint density at radius 2 is 2.00 bits per heavy atom. The van der Waals surface area contributed by atoms with Crippen molar-refractivity contribution in [3.63, 3.8) is 0 Å². The van der Waals surface area contributed by atoms with Crippen molar-refractivity contribution in [1.29, 1.82) is 0 Å². The molecule has 0 spiro atoms. The maximum Gasteiger partial charge on any atom is 0.263 e. The molecule has 0 atom stereocenters. The second-order valence-corrected chi connectivity index (χ2v) is 7.60. The van der Waals surface area contributed by atoms with Gasteiger partial charge < -0.3 is 0 Å². The molecule has 2 aromatic rings. The Morgan fingerprint density at radius 3 is 2.53 bits per heavy atom. The van der Waals surface area contributed by atoms with Gasteiger partial charge in [-0.25, -0.2) is 8.42 Å². The molecule has 2 heterocycles. The fourth-order valence-corrected chi connectivity index (χ4v) is 4.80. The molecule has 0 aliphatic carbocycles. The molecule has 1 N–H and O–H groups in total. The number of aromatic nitrogens is 1. The zero-order valence-corrected chi connectivity index (χ0v) is 12.1. The van der Waals surface area contributed by atoms with Crippen molar-refractivity contribution in [3.8, 4) is 0 Å². The number of halogens is 1. The Morgan fingerprint density at radius 1 is 1.35 bits per heavy atom. The van der Waals surface area contributed by atoms with E-state index in [9.17, 15) is 8.42 Å². The van der Waals surface area contributed by atoms with E-state index in [1.54, 1.807) is 25.1 Å². The van der Waals surface area contributed by atoms with Crippen LogP contribution < -0.4 is 4.72 Å². The third kappa shape index (κ3) is 2.85. The third-order valence-electron chi connectivity index (χ3n) is 2.06. The summed E-state index contributed by atoms with van der Waals surface area (Å²) in [6, 6.07) is 4.81. The summed E-state index contributed by atoms with van der Waals surface area (Å²) in [6.45, 7) is 1.77. The maximum absolute atomic E-state index is 12.1. The topological polar surface area (TPSA) is 59.1 Å². The van der Waals surface area contributed by atoms with Gasteiger partial charge in [-0.15, -0.1) is 11.3 Å². The molecule has 90 valence electrons. The number of aryl methyl sites for hydroxylation is 1. The number of nitrogens with one attached hydrogen (secondary N) is 1. The highest BCUT2D eigenvalue weighted by Crippen LogP contribution is 2.30. The first-order valence-corrected chi connectivity index (χ1v) is 7.77. The lowest BCUT2D eigenvalue weighted by Crippen LogP contribution is -2.12. The summed E-state index contributed by atoms with van der Waals surface area (Å²) in [5.74, 6) is 0. The van der Waals surface area contributed by atoms with Crippen molar-refractivity contribution in [2.24, 2.45) is 0 Å². The smallest absolute Gasteiger partial charge is 0.263 e. The van der Waals surface area contributed by atoms with Gasteiger partial charge in [0, 0.05) is 17.3 Å². The van der Waals surface area contributed by atoms with Crippen LogP contribution in [-0.4, -0.2) is 13.4 Å². The van der Waals surface area contributed by atoms with Crippen LogP contribution in [0.15, 0.2) is 39.3 Å². The van der Waals surface area contributed by atoms with E-state index in [0.29, 0.717) is 10.6 Å². The molecule has 0 aliphatic heterocycles. The quantitative estimate of drug-likeness (QED) is 0.939. The second kappa shape index (κ2) is 4.75. The van der Waals surface area contributed by atoms with Gasteiger partial charge in [-0.2, -0.15) is 0 Å². The monoisotopic (exact) mass is 332 g/mol. The first-order valence-electron chi connectivity index (χ1n) is 4.68. The number of anilines is 1. The van der Waals surface area contributed by atoms with Gasteiger partial charge in [0.15, 0.2) is 0 Å². The minimum atomic E-state index is -3.52. The molecule has 7 heteroatoms. The summed E-state index contributed by atoms with van der Waals surface area (Å²) in [7, 11) is -3.52. The molecule has 4 nitrogen and oxygen atoms in total. The summed E-state index contributed by atoms with van der Waals surface area (Å²) < 4.78 is 27.5. The molecule has 0 radical (unpaired) electrons. The molecule has 0 amide bonds. The molecular weight excluding hydrogens is 324 g/mol. The van der Waals surface area contributed by atoms with Gasteiger partial charge in [-0.05, 0) is 41.1 Å². The van der Waals surface area contributed by atoms with Crippen LogP contribution in [0.25, 0.3) is 0 Å². The molecule has 0 bridgehead atoms. The summed E-state index contributed by atoms with van der Waals surface area (Å²) in [6.07, 6.45) is 3.07. The lowest BCUT2D eigenvalue weighted by atomic mass is 10.4. The van der Waals surface area contributed by atoms with E-state index in [4.69, 9.17) is 0 Å². The zero-order valence-electron chi connectivity index (χ0n) is 8.84. The SMILES string of the molecule is Cc1sc(Br)cc1S(=O)(=O)Nc1ccncc1. The predicted octanol–water partition coefficient (Wildman–Crippen LogP) is 3.01. The second-order valence-electron chi connectivity index (χ2n) is 3.31. The molecule has 17 heavy (non-hydrogen) atoms. The van der Waals surface area contributed by atoms with Crippen LogP contribution in [0.5, 0.6) is 0 Å². The van der Waals surface area contributed by atoms with Gasteiger partial charge in [-0.1, -0.05) is 0 Å². The highest BCUT2D eigenvalue weighted by atomic mass is 79.9. The predicted molar refractivity (Wildman–Crippen MR) is 71.8 cm³/mol. The Labute approximate surface area is 112 Å². The average Bonchev–Trinajstić information content (AvgIpc) is 2.59. The van der Waals surface area contributed by atoms with Gasteiger partial charge >= 0.3 is 0 Å². The average molecular weight is 333 g/mol. The van der Waals surface area contributed by atoms with Crippen LogP contribution in [0.2, 0.25) is 0 Å². The summed E-state index contributed by atoms with van der Waals surface area (Å²) >= 11 is 4.67. The van der Waals surface area contributed by atoms with Gasteiger partial charge in [0.25, 0.3) is 10.0 Å². The number of pyridine rings is 1. The van der Waals surface area contributed by atoms with E-state index in [-0.39, 0.29) is 0 Å². The van der Waals surface area contributed by atoms with Crippen LogP contribution in [0.1, 0.15) is 4.88 Å². The van der Waals surface area contributed by atoms with Crippen molar-refractivity contribution in [3.05, 3.63) is 39.3 Å². The minimum absolute atomic E-state index is 0.297. The van der Waals surface area contributed by atoms with Crippen molar-refractivity contribution in [1.82, 2.24) is 4.98 Å². The normalized spacial score (nSPS) is 11.4. The number of hydrogen-bond acceptors (Lipinski definition) is 4. The van der Waals surface area contributed by atoms with Crippen LogP contribution in [0.3, 0.4) is 0 Å². The molecule has 0 saturated heterocycles. The van der Waals surface area contributed by atoms with E-state index in [0.717, 1.165) is 8.66 Å². The summed E-state index contributed by atoms with van der Waals surface area (Å²) in [5, 5.41) is 0. The Bertz CT molecular complexity index is 623. The van der Waals surface area contributed by atoms with Gasteiger partial charge in [0.2, 0.25) is 0 Å². The van der Waals surface area contributed by atoms with E-state index in [2.05, 4.69) is 25.6 Å². The molecule has 0 unspecified atom stereocenters. The van der Waals surface area contributed by atoms with Crippen molar-refractivity contribution in [2.75, 3.05) is 4.72 Å².